The monoisotopic (exact) mass is 355 g/mol. The zero-order valence-corrected chi connectivity index (χ0v) is 16.0. The number of hydrogen-bond acceptors (Lipinski definition) is 3. The smallest absolute Gasteiger partial charge is 0.191 e. The van der Waals surface area contributed by atoms with Crippen LogP contribution in [0.2, 0.25) is 0 Å². The van der Waals surface area contributed by atoms with Crippen molar-refractivity contribution in [2.24, 2.45) is 4.99 Å². The lowest BCUT2D eigenvalue weighted by molar-refractivity contribution is 0.0243. The molecule has 1 saturated heterocycles. The zero-order chi connectivity index (χ0) is 18.4. The van der Waals surface area contributed by atoms with Gasteiger partial charge >= 0.3 is 0 Å². The third kappa shape index (κ3) is 4.67. The average molecular weight is 355 g/mol. The summed E-state index contributed by atoms with van der Waals surface area (Å²) in [6.45, 7) is 7.34. The van der Waals surface area contributed by atoms with E-state index in [1.54, 1.807) is 7.11 Å². The van der Waals surface area contributed by atoms with E-state index in [0.29, 0.717) is 6.54 Å². The number of fused-ring (bicyclic) bond motifs is 1. The summed E-state index contributed by atoms with van der Waals surface area (Å²) in [5, 5.41) is 9.11. The van der Waals surface area contributed by atoms with Gasteiger partial charge < -0.3 is 20.1 Å². The van der Waals surface area contributed by atoms with E-state index in [9.17, 15) is 0 Å². The molecule has 5 nitrogen and oxygen atoms in total. The van der Waals surface area contributed by atoms with Gasteiger partial charge in [0.1, 0.15) is 5.75 Å². The molecule has 1 unspecified atom stereocenters. The molecule has 1 aliphatic heterocycles. The van der Waals surface area contributed by atoms with Crippen LogP contribution in [-0.4, -0.2) is 38.4 Å². The van der Waals surface area contributed by atoms with E-state index < -0.39 is 0 Å². The number of benzene rings is 2. The fraction of sp³-hybridized carbons (Fsp3) is 0.476. The molecule has 1 fully saturated rings. The Morgan fingerprint density at radius 2 is 2.00 bits per heavy atom. The maximum absolute atomic E-state index is 5.84. The Kier molecular flexibility index (Phi) is 5.99. The van der Waals surface area contributed by atoms with E-state index in [4.69, 9.17) is 14.5 Å². The summed E-state index contributed by atoms with van der Waals surface area (Å²) in [7, 11) is 1.69. The molecule has 1 atom stereocenters. The lowest BCUT2D eigenvalue weighted by Crippen LogP contribution is -2.45. The maximum Gasteiger partial charge on any atom is 0.191 e. The molecule has 2 N–H and O–H groups in total. The number of guanidine groups is 1. The molecule has 1 heterocycles. The Balaban J connectivity index is 1.67. The van der Waals surface area contributed by atoms with Crippen LogP contribution < -0.4 is 15.4 Å². The predicted octanol–water partition coefficient (Wildman–Crippen LogP) is 3.47. The highest BCUT2D eigenvalue weighted by Crippen LogP contribution is 2.24. The molecular formula is C21H29N3O2. The average Bonchev–Trinajstić information content (AvgIpc) is 3.10. The third-order valence-corrected chi connectivity index (χ3v) is 4.81. The lowest BCUT2D eigenvalue weighted by Gasteiger charge is -2.24. The summed E-state index contributed by atoms with van der Waals surface area (Å²) < 4.78 is 11.1. The largest absolute Gasteiger partial charge is 0.497 e. The van der Waals surface area contributed by atoms with Crippen LogP contribution in [0.3, 0.4) is 0 Å². The van der Waals surface area contributed by atoms with E-state index in [1.165, 1.54) is 16.3 Å². The van der Waals surface area contributed by atoms with Crippen molar-refractivity contribution < 1.29 is 9.47 Å². The second-order valence-electron chi connectivity index (χ2n) is 7.00. The van der Waals surface area contributed by atoms with Gasteiger partial charge in [-0.25, -0.2) is 4.99 Å². The molecule has 1 aliphatic rings. The van der Waals surface area contributed by atoms with Crippen LogP contribution in [0.15, 0.2) is 41.4 Å². The molecule has 5 heteroatoms. The van der Waals surface area contributed by atoms with Gasteiger partial charge in [-0.05, 0) is 61.2 Å². The van der Waals surface area contributed by atoms with E-state index in [1.807, 2.05) is 6.07 Å². The standard InChI is InChI=1S/C21H29N3O2/c1-4-22-20(24-15-21(2)10-5-11-26-21)23-14-16-6-7-18-13-19(25-3)9-8-17(18)12-16/h6-9,12-13H,4-5,10-11,14-15H2,1-3H3,(H2,22,23,24). The first-order chi connectivity index (χ1) is 12.6. The van der Waals surface area contributed by atoms with Crippen LogP contribution in [0.1, 0.15) is 32.3 Å². The first-order valence-electron chi connectivity index (χ1n) is 9.35. The number of aliphatic imine (C=N–C) groups is 1. The first-order valence-corrected chi connectivity index (χ1v) is 9.35. The summed E-state index contributed by atoms with van der Waals surface area (Å²) >= 11 is 0. The number of ether oxygens (including phenoxy) is 2. The Hall–Kier alpha value is -2.27. The van der Waals surface area contributed by atoms with Gasteiger partial charge in [0.2, 0.25) is 0 Å². The number of rotatable bonds is 6. The highest BCUT2D eigenvalue weighted by Gasteiger charge is 2.29. The molecule has 3 rings (SSSR count). The number of hydrogen-bond donors (Lipinski definition) is 2. The van der Waals surface area contributed by atoms with E-state index >= 15 is 0 Å². The minimum Gasteiger partial charge on any atom is -0.497 e. The Morgan fingerprint density at radius 1 is 1.19 bits per heavy atom. The van der Waals surface area contributed by atoms with Crippen molar-refractivity contribution in [3.8, 4) is 5.75 Å². The topological polar surface area (TPSA) is 54.9 Å². The van der Waals surface area contributed by atoms with Crippen LogP contribution in [0, 0.1) is 0 Å². The van der Waals surface area contributed by atoms with E-state index in [2.05, 4.69) is 54.8 Å². The van der Waals surface area contributed by atoms with Crippen molar-refractivity contribution in [1.29, 1.82) is 0 Å². The SMILES string of the molecule is CCNC(=NCc1ccc2cc(OC)ccc2c1)NCC1(C)CCCO1. The summed E-state index contributed by atoms with van der Waals surface area (Å²) in [5.74, 6) is 1.71. The quantitative estimate of drug-likeness (QED) is 0.615. The van der Waals surface area contributed by atoms with Gasteiger partial charge in [0.05, 0.1) is 19.3 Å². The maximum atomic E-state index is 5.84. The third-order valence-electron chi connectivity index (χ3n) is 4.81. The predicted molar refractivity (Wildman–Crippen MR) is 107 cm³/mol. The Bertz CT molecular complexity index is 767. The number of nitrogens with zero attached hydrogens (tertiary/aromatic N) is 1. The molecule has 26 heavy (non-hydrogen) atoms. The van der Waals surface area contributed by atoms with Gasteiger partial charge in [-0.2, -0.15) is 0 Å². The van der Waals surface area contributed by atoms with E-state index in [0.717, 1.165) is 44.2 Å². The molecule has 0 radical (unpaired) electrons. The number of methoxy groups -OCH3 is 1. The fourth-order valence-electron chi connectivity index (χ4n) is 3.26. The van der Waals surface area contributed by atoms with Crippen LogP contribution in [0.4, 0.5) is 0 Å². The van der Waals surface area contributed by atoms with Crippen molar-refractivity contribution in [1.82, 2.24) is 10.6 Å². The van der Waals surface area contributed by atoms with Crippen LogP contribution in [0.25, 0.3) is 10.8 Å². The summed E-state index contributed by atoms with van der Waals surface area (Å²) in [6.07, 6.45) is 2.22. The summed E-state index contributed by atoms with van der Waals surface area (Å²) in [5.41, 5.74) is 1.10. The molecule has 0 amide bonds. The molecule has 2 aromatic carbocycles. The van der Waals surface area contributed by atoms with Crippen molar-refractivity contribution in [2.45, 2.75) is 38.8 Å². The first kappa shape index (κ1) is 18.5. The van der Waals surface area contributed by atoms with Gasteiger partial charge in [-0.3, -0.25) is 0 Å². The molecule has 0 spiro atoms. The van der Waals surface area contributed by atoms with Crippen molar-refractivity contribution in [3.05, 3.63) is 42.0 Å². The highest BCUT2D eigenvalue weighted by molar-refractivity contribution is 5.84. The summed E-state index contributed by atoms with van der Waals surface area (Å²) in [4.78, 5) is 4.73. The molecule has 140 valence electrons. The highest BCUT2D eigenvalue weighted by atomic mass is 16.5. The Labute approximate surface area is 155 Å². The Morgan fingerprint density at radius 3 is 2.73 bits per heavy atom. The van der Waals surface area contributed by atoms with Gasteiger partial charge in [0.25, 0.3) is 0 Å². The van der Waals surface area contributed by atoms with E-state index in [-0.39, 0.29) is 5.60 Å². The zero-order valence-electron chi connectivity index (χ0n) is 16.0. The van der Waals surface area contributed by atoms with Crippen molar-refractivity contribution in [3.63, 3.8) is 0 Å². The molecule has 2 aromatic rings. The second-order valence-corrected chi connectivity index (χ2v) is 7.00. The van der Waals surface area contributed by atoms with Gasteiger partial charge in [0.15, 0.2) is 5.96 Å². The summed E-state index contributed by atoms with van der Waals surface area (Å²) in [6, 6.07) is 12.6. The molecule has 0 saturated carbocycles. The van der Waals surface area contributed by atoms with Crippen LogP contribution in [-0.2, 0) is 11.3 Å². The normalized spacial score (nSPS) is 20.3. The molecular weight excluding hydrogens is 326 g/mol. The fourth-order valence-corrected chi connectivity index (χ4v) is 3.26. The van der Waals surface area contributed by atoms with Crippen LogP contribution in [0.5, 0.6) is 5.75 Å². The minimum absolute atomic E-state index is 0.0851. The van der Waals surface area contributed by atoms with Gasteiger partial charge in [0, 0.05) is 19.7 Å². The van der Waals surface area contributed by atoms with Gasteiger partial charge in [-0.15, -0.1) is 0 Å². The van der Waals surface area contributed by atoms with Crippen LogP contribution >= 0.6 is 0 Å². The van der Waals surface area contributed by atoms with Crippen molar-refractivity contribution in [2.75, 3.05) is 26.8 Å². The molecule has 0 aliphatic carbocycles. The molecule has 0 aromatic heterocycles. The minimum atomic E-state index is -0.0851. The molecule has 0 bridgehead atoms. The van der Waals surface area contributed by atoms with Gasteiger partial charge in [-0.1, -0.05) is 18.2 Å². The second kappa shape index (κ2) is 8.41. The van der Waals surface area contributed by atoms with Crippen molar-refractivity contribution >= 4 is 16.7 Å². The number of nitrogens with one attached hydrogen (secondary N) is 2. The lowest BCUT2D eigenvalue weighted by atomic mass is 10.0.